The van der Waals surface area contributed by atoms with Gasteiger partial charge >= 0.3 is 0 Å². The summed E-state index contributed by atoms with van der Waals surface area (Å²) < 4.78 is 35.6. The van der Waals surface area contributed by atoms with E-state index in [0.717, 1.165) is 78.6 Å². The van der Waals surface area contributed by atoms with Crippen molar-refractivity contribution in [3.8, 4) is 17.0 Å². The van der Waals surface area contributed by atoms with E-state index in [1.165, 1.54) is 19.3 Å². The molecule has 9 nitrogen and oxygen atoms in total. The number of fused-ring (bicyclic) bond motifs is 4. The molecule has 0 radical (unpaired) electrons. The van der Waals surface area contributed by atoms with Crippen LogP contribution in [0.25, 0.3) is 22.0 Å². The number of carbonyl (C=O) groups excluding carboxylic acids is 1. The van der Waals surface area contributed by atoms with Crippen molar-refractivity contribution < 1.29 is 17.9 Å². The van der Waals surface area contributed by atoms with E-state index in [0.29, 0.717) is 6.61 Å². The van der Waals surface area contributed by atoms with Gasteiger partial charge in [0.25, 0.3) is 10.0 Å². The summed E-state index contributed by atoms with van der Waals surface area (Å²) in [6.45, 7) is 3.61. The molecular weight excluding hydrogens is 574 g/mol. The van der Waals surface area contributed by atoms with Crippen LogP contribution >= 0.6 is 0 Å². The predicted octanol–water partition coefficient (Wildman–Crippen LogP) is 5.75. The number of likely N-dealkylation sites (tertiary alicyclic amines) is 1. The fraction of sp³-hybridized carbons (Fsp3) is 0.382. The Bertz CT molecular complexity index is 1820. The molecule has 2 aliphatic heterocycles. The second-order valence-corrected chi connectivity index (χ2v) is 13.8. The summed E-state index contributed by atoms with van der Waals surface area (Å²) in [4.78, 5) is 26.9. The topological polar surface area (TPSA) is 105 Å². The van der Waals surface area contributed by atoms with Crippen LogP contribution < -0.4 is 14.4 Å². The van der Waals surface area contributed by atoms with Gasteiger partial charge in [-0.25, -0.2) is 13.4 Å². The van der Waals surface area contributed by atoms with Crippen molar-refractivity contribution in [2.75, 3.05) is 42.9 Å². The summed E-state index contributed by atoms with van der Waals surface area (Å²) in [7, 11) is -2.05. The highest BCUT2D eigenvalue weighted by Gasteiger charge is 2.54. The molecule has 1 N–H and O–H groups in total. The van der Waals surface area contributed by atoms with Gasteiger partial charge in [0.05, 0.1) is 34.3 Å². The van der Waals surface area contributed by atoms with Crippen LogP contribution in [0, 0.1) is 0 Å². The number of amides is 1. The lowest BCUT2D eigenvalue weighted by Gasteiger charge is -2.37. The second-order valence-electron chi connectivity index (χ2n) is 12.1. The fourth-order valence-electron chi connectivity index (χ4n) is 6.89. The molecule has 2 aromatic heterocycles. The molecule has 1 saturated carbocycles. The third-order valence-corrected chi connectivity index (χ3v) is 10.8. The third-order valence-electron chi connectivity index (χ3n) is 9.40. The van der Waals surface area contributed by atoms with Gasteiger partial charge < -0.3 is 14.5 Å². The average Bonchev–Trinajstić information content (AvgIpc) is 3.27. The number of ether oxygens (including phenoxy) is 1. The van der Waals surface area contributed by atoms with Crippen LogP contribution in [0.5, 0.6) is 5.88 Å². The minimum absolute atomic E-state index is 0.138. The molecule has 2 aromatic carbocycles. The van der Waals surface area contributed by atoms with Crippen molar-refractivity contribution in [2.45, 2.75) is 55.3 Å². The Morgan fingerprint density at radius 3 is 2.48 bits per heavy atom. The molecule has 0 bridgehead atoms. The van der Waals surface area contributed by atoms with Crippen molar-refractivity contribution in [1.82, 2.24) is 14.9 Å². The predicted molar refractivity (Wildman–Crippen MR) is 172 cm³/mol. The van der Waals surface area contributed by atoms with Gasteiger partial charge in [0.2, 0.25) is 11.8 Å². The van der Waals surface area contributed by atoms with Gasteiger partial charge in [0, 0.05) is 36.3 Å². The largest absolute Gasteiger partial charge is 0.476 e. The Morgan fingerprint density at radius 2 is 1.73 bits per heavy atom. The summed E-state index contributed by atoms with van der Waals surface area (Å²) >= 11 is 0. The van der Waals surface area contributed by atoms with E-state index in [-0.39, 0.29) is 22.4 Å². The number of nitrogens with one attached hydrogen (secondary N) is 1. The Labute approximate surface area is 258 Å². The van der Waals surface area contributed by atoms with Gasteiger partial charge in [-0.3, -0.25) is 14.5 Å². The van der Waals surface area contributed by atoms with E-state index in [1.54, 1.807) is 53.7 Å². The molecule has 3 aliphatic rings. The number of likely N-dealkylation sites (N-methyl/N-ethyl adjacent to an activating group) is 1. The monoisotopic (exact) mass is 611 g/mol. The number of sulfonamides is 1. The number of anilines is 2. The van der Waals surface area contributed by atoms with E-state index in [1.807, 2.05) is 19.2 Å². The molecule has 7 rings (SSSR count). The van der Waals surface area contributed by atoms with E-state index in [2.05, 4.69) is 25.7 Å². The first kappa shape index (κ1) is 28.7. The van der Waals surface area contributed by atoms with Crippen LogP contribution in [0.3, 0.4) is 0 Å². The molecule has 0 unspecified atom stereocenters. The number of piperidine rings is 1. The Kier molecular flexibility index (Phi) is 7.50. The number of rotatable bonds is 9. The van der Waals surface area contributed by atoms with E-state index in [9.17, 15) is 13.2 Å². The molecular formula is C34H37N5O4S. The SMILES string of the molecule is CN1C(=O)C2(CCC2)c2c1cnc1ccc(-c3cnc(OCCCN4CCCCC4)c(NS(=O)(=O)c4ccccc4)c3)cc21. The van der Waals surface area contributed by atoms with Crippen LogP contribution in [0.15, 0.2) is 71.9 Å². The molecule has 1 aliphatic carbocycles. The zero-order valence-electron chi connectivity index (χ0n) is 25.0. The number of benzene rings is 2. The van der Waals surface area contributed by atoms with E-state index in [4.69, 9.17) is 4.74 Å². The van der Waals surface area contributed by atoms with Gasteiger partial charge in [-0.05, 0) is 81.1 Å². The maximum Gasteiger partial charge on any atom is 0.262 e. The standard InChI is InChI=1S/C34H37N5O4S/c1-38-30-23-35-28-13-12-24(20-27(28)31(30)34(33(38)40)14-8-15-34)25-21-29(37-44(41,42)26-10-4-2-5-11-26)32(36-22-25)43-19-9-18-39-16-6-3-7-17-39/h2,4-5,10-13,20-23,37H,3,6-9,14-19H2,1H3. The van der Waals surface area contributed by atoms with E-state index >= 15 is 0 Å². The normalized spacial score (nSPS) is 17.9. The molecule has 1 amide bonds. The van der Waals surface area contributed by atoms with Gasteiger partial charge in [0.15, 0.2) is 0 Å². The zero-order chi connectivity index (χ0) is 30.3. The molecule has 228 valence electrons. The molecule has 1 spiro atoms. The van der Waals surface area contributed by atoms with Crippen molar-refractivity contribution >= 4 is 38.2 Å². The third kappa shape index (κ3) is 5.09. The smallest absolute Gasteiger partial charge is 0.262 e. The lowest BCUT2D eigenvalue weighted by Crippen LogP contribution is -2.43. The van der Waals surface area contributed by atoms with Crippen LogP contribution in [0.2, 0.25) is 0 Å². The summed E-state index contributed by atoms with van der Waals surface area (Å²) in [5.74, 6) is 0.385. The summed E-state index contributed by atoms with van der Waals surface area (Å²) in [5.41, 5.74) is 4.13. The van der Waals surface area contributed by atoms with Gasteiger partial charge in [-0.15, -0.1) is 0 Å². The van der Waals surface area contributed by atoms with Crippen LogP contribution in [-0.2, 0) is 20.2 Å². The summed E-state index contributed by atoms with van der Waals surface area (Å²) in [6.07, 6.45) is 10.8. The maximum absolute atomic E-state index is 13.4. The molecule has 10 heteroatoms. The highest BCUT2D eigenvalue weighted by atomic mass is 32.2. The van der Waals surface area contributed by atoms with E-state index < -0.39 is 15.4 Å². The second kappa shape index (κ2) is 11.5. The molecule has 4 heterocycles. The van der Waals surface area contributed by atoms with Crippen molar-refractivity contribution in [2.24, 2.45) is 0 Å². The zero-order valence-corrected chi connectivity index (χ0v) is 25.8. The molecule has 4 aromatic rings. The Hall–Kier alpha value is -4.02. The fourth-order valence-corrected chi connectivity index (χ4v) is 7.96. The number of nitrogens with zero attached hydrogens (tertiary/aromatic N) is 4. The van der Waals surface area contributed by atoms with Crippen LogP contribution in [0.1, 0.15) is 50.5 Å². The first-order valence-corrected chi connectivity index (χ1v) is 17.0. The average molecular weight is 612 g/mol. The Balaban J connectivity index is 1.22. The van der Waals surface area contributed by atoms with Gasteiger partial charge in [-0.2, -0.15) is 0 Å². The molecule has 44 heavy (non-hydrogen) atoms. The number of hydrogen-bond donors (Lipinski definition) is 1. The summed E-state index contributed by atoms with van der Waals surface area (Å²) in [6, 6.07) is 16.0. The van der Waals surface area contributed by atoms with Crippen molar-refractivity contribution in [3.63, 3.8) is 0 Å². The number of hydrogen-bond acceptors (Lipinski definition) is 7. The van der Waals surface area contributed by atoms with Gasteiger partial charge in [0.1, 0.15) is 5.69 Å². The lowest BCUT2D eigenvalue weighted by atomic mass is 9.64. The highest BCUT2D eigenvalue weighted by Crippen LogP contribution is 2.55. The van der Waals surface area contributed by atoms with Crippen molar-refractivity contribution in [1.29, 1.82) is 0 Å². The summed E-state index contributed by atoms with van der Waals surface area (Å²) in [5, 5.41) is 0.946. The molecule has 2 fully saturated rings. The minimum Gasteiger partial charge on any atom is -0.476 e. The number of pyridine rings is 2. The van der Waals surface area contributed by atoms with Crippen molar-refractivity contribution in [3.05, 3.63) is 72.6 Å². The minimum atomic E-state index is -3.88. The maximum atomic E-state index is 13.4. The quantitative estimate of drug-likeness (QED) is 0.240. The molecule has 1 saturated heterocycles. The Morgan fingerprint density at radius 1 is 0.932 bits per heavy atom. The van der Waals surface area contributed by atoms with Gasteiger partial charge in [-0.1, -0.05) is 37.1 Å². The van der Waals surface area contributed by atoms with Crippen LogP contribution in [-0.4, -0.2) is 62.5 Å². The number of carbonyl (C=O) groups is 1. The highest BCUT2D eigenvalue weighted by molar-refractivity contribution is 7.92. The molecule has 0 atom stereocenters. The first-order valence-electron chi connectivity index (χ1n) is 15.5. The number of aromatic nitrogens is 2. The first-order chi connectivity index (χ1) is 21.4. The van der Waals surface area contributed by atoms with Crippen LogP contribution in [0.4, 0.5) is 11.4 Å². The lowest BCUT2D eigenvalue weighted by molar-refractivity contribution is -0.125.